The first-order chi connectivity index (χ1) is 11.9. The monoisotopic (exact) mass is 346 g/mol. The standard InChI is InChI=1S/C16H18N4O5/c21-13(10-11-6-2-3-7-12(11)20(24)25)18-19-14(22)16(17-15(19)23)8-4-1-5-9-16/h2-3,6-7H,1,4-5,8-10H2,(H,17,23)(H,18,21). The molecule has 0 radical (unpaired) electrons. The van der Waals surface area contributed by atoms with Crippen LogP contribution in [0.4, 0.5) is 10.5 Å². The highest BCUT2D eigenvalue weighted by molar-refractivity contribution is 6.08. The Balaban J connectivity index is 1.70. The van der Waals surface area contributed by atoms with E-state index in [9.17, 15) is 24.5 Å². The van der Waals surface area contributed by atoms with E-state index in [-0.39, 0.29) is 17.7 Å². The maximum atomic E-state index is 12.6. The van der Waals surface area contributed by atoms with Gasteiger partial charge in [0, 0.05) is 11.6 Å². The lowest BCUT2D eigenvalue weighted by molar-refractivity contribution is -0.385. The minimum absolute atomic E-state index is 0.182. The highest BCUT2D eigenvalue weighted by atomic mass is 16.6. The lowest BCUT2D eigenvalue weighted by Crippen LogP contribution is -2.51. The van der Waals surface area contributed by atoms with E-state index in [1.165, 1.54) is 18.2 Å². The van der Waals surface area contributed by atoms with Crippen molar-refractivity contribution < 1.29 is 19.3 Å². The molecule has 4 amide bonds. The number of carbonyl (C=O) groups excluding carboxylic acids is 3. The summed E-state index contributed by atoms with van der Waals surface area (Å²) in [6.45, 7) is 0. The zero-order valence-electron chi connectivity index (χ0n) is 13.5. The summed E-state index contributed by atoms with van der Waals surface area (Å²) in [5, 5.41) is 14.4. The van der Waals surface area contributed by atoms with Crippen molar-refractivity contribution in [2.24, 2.45) is 0 Å². The van der Waals surface area contributed by atoms with Crippen LogP contribution >= 0.6 is 0 Å². The van der Waals surface area contributed by atoms with Gasteiger partial charge in [0.15, 0.2) is 0 Å². The summed E-state index contributed by atoms with van der Waals surface area (Å²) >= 11 is 0. The van der Waals surface area contributed by atoms with E-state index in [1.807, 2.05) is 0 Å². The number of nitro benzene ring substituents is 1. The molecule has 1 aliphatic heterocycles. The number of hydrogen-bond donors (Lipinski definition) is 2. The highest BCUT2D eigenvalue weighted by Crippen LogP contribution is 2.33. The molecule has 0 aromatic heterocycles. The lowest BCUT2D eigenvalue weighted by Gasteiger charge is -2.30. The van der Waals surface area contributed by atoms with E-state index in [1.54, 1.807) is 6.07 Å². The van der Waals surface area contributed by atoms with Gasteiger partial charge in [-0.2, -0.15) is 5.01 Å². The molecule has 1 aliphatic carbocycles. The minimum Gasteiger partial charge on any atom is -0.322 e. The van der Waals surface area contributed by atoms with E-state index in [0.717, 1.165) is 19.3 Å². The summed E-state index contributed by atoms with van der Waals surface area (Å²) in [7, 11) is 0. The van der Waals surface area contributed by atoms with Gasteiger partial charge >= 0.3 is 6.03 Å². The van der Waals surface area contributed by atoms with Crippen LogP contribution in [0, 0.1) is 10.1 Å². The number of benzene rings is 1. The molecule has 1 spiro atoms. The quantitative estimate of drug-likeness (QED) is 0.485. The Kier molecular flexibility index (Phi) is 4.39. The van der Waals surface area contributed by atoms with Crippen molar-refractivity contribution in [3.8, 4) is 0 Å². The van der Waals surface area contributed by atoms with Crippen LogP contribution in [0.5, 0.6) is 0 Å². The first-order valence-electron chi connectivity index (χ1n) is 8.11. The van der Waals surface area contributed by atoms with Crippen molar-refractivity contribution in [1.29, 1.82) is 0 Å². The number of imide groups is 1. The van der Waals surface area contributed by atoms with E-state index >= 15 is 0 Å². The Morgan fingerprint density at radius 1 is 1.24 bits per heavy atom. The van der Waals surface area contributed by atoms with Gasteiger partial charge in [0.05, 0.1) is 11.3 Å². The molecule has 25 heavy (non-hydrogen) atoms. The molecule has 1 aromatic rings. The van der Waals surface area contributed by atoms with Gasteiger partial charge in [-0.25, -0.2) is 4.79 Å². The molecule has 9 heteroatoms. The third kappa shape index (κ3) is 3.17. The van der Waals surface area contributed by atoms with Gasteiger partial charge in [-0.3, -0.25) is 25.1 Å². The second-order valence-corrected chi connectivity index (χ2v) is 6.31. The Morgan fingerprint density at radius 2 is 1.92 bits per heavy atom. The first kappa shape index (κ1) is 16.9. The van der Waals surface area contributed by atoms with Gasteiger partial charge in [-0.15, -0.1) is 0 Å². The molecule has 1 heterocycles. The topological polar surface area (TPSA) is 122 Å². The van der Waals surface area contributed by atoms with E-state index in [4.69, 9.17) is 0 Å². The molecule has 1 aromatic carbocycles. The van der Waals surface area contributed by atoms with Crippen LogP contribution in [0.25, 0.3) is 0 Å². The third-order valence-corrected chi connectivity index (χ3v) is 4.64. The number of nitrogens with zero attached hydrogens (tertiary/aromatic N) is 2. The van der Waals surface area contributed by atoms with Gasteiger partial charge in [0.1, 0.15) is 5.54 Å². The van der Waals surface area contributed by atoms with Gasteiger partial charge in [0.2, 0.25) is 5.91 Å². The van der Waals surface area contributed by atoms with E-state index in [0.29, 0.717) is 17.9 Å². The summed E-state index contributed by atoms with van der Waals surface area (Å²) in [5.41, 5.74) is 1.38. The van der Waals surface area contributed by atoms with Gasteiger partial charge in [-0.05, 0) is 12.8 Å². The SMILES string of the molecule is O=C(Cc1ccccc1[N+](=O)[O-])NN1C(=O)NC2(CCCCC2)C1=O. The van der Waals surface area contributed by atoms with Crippen molar-refractivity contribution in [3.63, 3.8) is 0 Å². The number of hydrogen-bond acceptors (Lipinski definition) is 5. The van der Waals surface area contributed by atoms with Crippen LogP contribution in [0.1, 0.15) is 37.7 Å². The Labute approximate surface area is 143 Å². The predicted molar refractivity (Wildman–Crippen MR) is 86.1 cm³/mol. The number of urea groups is 1. The molecule has 0 bridgehead atoms. The van der Waals surface area contributed by atoms with Crippen LogP contribution in [0.3, 0.4) is 0 Å². The molecule has 3 rings (SSSR count). The zero-order chi connectivity index (χ0) is 18.0. The Morgan fingerprint density at radius 3 is 2.60 bits per heavy atom. The van der Waals surface area contributed by atoms with Gasteiger partial charge in [0.25, 0.3) is 11.6 Å². The maximum Gasteiger partial charge on any atom is 0.344 e. The zero-order valence-corrected chi connectivity index (χ0v) is 13.5. The molecule has 2 aliphatic rings. The molecule has 0 unspecified atom stereocenters. The van der Waals surface area contributed by atoms with Crippen LogP contribution in [-0.4, -0.2) is 33.3 Å². The first-order valence-corrected chi connectivity index (χ1v) is 8.11. The molecule has 0 atom stereocenters. The average Bonchev–Trinajstić information content (AvgIpc) is 2.80. The van der Waals surface area contributed by atoms with Gasteiger partial charge < -0.3 is 5.32 Å². The summed E-state index contributed by atoms with van der Waals surface area (Å²) in [6.07, 6.45) is 3.48. The number of carbonyl (C=O) groups is 3. The molecule has 9 nitrogen and oxygen atoms in total. The summed E-state index contributed by atoms with van der Waals surface area (Å²) in [6, 6.07) is 5.19. The predicted octanol–water partition coefficient (Wildman–Crippen LogP) is 1.42. The van der Waals surface area contributed by atoms with E-state index < -0.39 is 28.3 Å². The molecule has 2 N–H and O–H groups in total. The number of para-hydroxylation sites is 1. The smallest absolute Gasteiger partial charge is 0.322 e. The highest BCUT2D eigenvalue weighted by Gasteiger charge is 2.52. The molecule has 2 fully saturated rings. The summed E-state index contributed by atoms with van der Waals surface area (Å²) in [5.74, 6) is -1.13. The fraction of sp³-hybridized carbons (Fsp3) is 0.438. The number of hydrazine groups is 1. The van der Waals surface area contributed by atoms with Crippen molar-refractivity contribution in [1.82, 2.24) is 15.8 Å². The lowest BCUT2D eigenvalue weighted by atomic mass is 9.82. The van der Waals surface area contributed by atoms with Crippen LogP contribution in [0.15, 0.2) is 24.3 Å². The van der Waals surface area contributed by atoms with Crippen LogP contribution in [0.2, 0.25) is 0 Å². The fourth-order valence-electron chi connectivity index (χ4n) is 3.39. The van der Waals surface area contributed by atoms with E-state index in [2.05, 4.69) is 10.7 Å². The Bertz CT molecular complexity index is 742. The molecule has 1 saturated carbocycles. The largest absolute Gasteiger partial charge is 0.344 e. The second kappa shape index (κ2) is 6.50. The number of amides is 4. The molecular formula is C16H18N4O5. The van der Waals surface area contributed by atoms with Crippen LogP contribution in [-0.2, 0) is 16.0 Å². The minimum atomic E-state index is -0.929. The normalized spacial score (nSPS) is 19.0. The molecule has 132 valence electrons. The third-order valence-electron chi connectivity index (χ3n) is 4.64. The van der Waals surface area contributed by atoms with Crippen molar-refractivity contribution in [3.05, 3.63) is 39.9 Å². The molecular weight excluding hydrogens is 328 g/mol. The van der Waals surface area contributed by atoms with Crippen molar-refractivity contribution in [2.75, 3.05) is 0 Å². The average molecular weight is 346 g/mol. The Hall–Kier alpha value is -2.97. The number of nitro groups is 1. The van der Waals surface area contributed by atoms with Crippen molar-refractivity contribution in [2.45, 2.75) is 44.1 Å². The fourth-order valence-corrected chi connectivity index (χ4v) is 3.39. The number of nitrogens with one attached hydrogen (secondary N) is 2. The summed E-state index contributed by atoms with van der Waals surface area (Å²) < 4.78 is 0. The van der Waals surface area contributed by atoms with Crippen molar-refractivity contribution >= 4 is 23.5 Å². The maximum absolute atomic E-state index is 12.6. The number of rotatable bonds is 4. The summed E-state index contributed by atoms with van der Waals surface area (Å²) in [4.78, 5) is 47.3. The van der Waals surface area contributed by atoms with Crippen LogP contribution < -0.4 is 10.7 Å². The second-order valence-electron chi connectivity index (χ2n) is 6.31. The molecule has 1 saturated heterocycles. The van der Waals surface area contributed by atoms with Gasteiger partial charge in [-0.1, -0.05) is 37.5 Å².